The smallest absolute Gasteiger partial charge is 0.226 e. The van der Waals surface area contributed by atoms with Gasteiger partial charge in [-0.1, -0.05) is 13.8 Å². The van der Waals surface area contributed by atoms with E-state index in [0.717, 1.165) is 30.9 Å². The number of nitrogens with zero attached hydrogens (tertiary/aromatic N) is 3. The third-order valence-electron chi connectivity index (χ3n) is 4.87. The molecule has 1 aromatic heterocycles. The predicted octanol–water partition coefficient (Wildman–Crippen LogP) is 1.65. The number of hydrogen-bond acceptors (Lipinski definition) is 3. The molecular formula is C17H26N4O2. The molecule has 1 saturated carbocycles. The molecule has 3 rings (SSSR count). The monoisotopic (exact) mass is 318 g/mol. The summed E-state index contributed by atoms with van der Waals surface area (Å²) in [5.74, 6) is 1.09. The Balaban J connectivity index is 1.67. The van der Waals surface area contributed by atoms with Crippen LogP contribution in [-0.2, 0) is 22.6 Å². The van der Waals surface area contributed by atoms with E-state index >= 15 is 0 Å². The van der Waals surface area contributed by atoms with Crippen molar-refractivity contribution >= 4 is 11.8 Å². The van der Waals surface area contributed by atoms with E-state index in [9.17, 15) is 9.59 Å². The Kier molecular flexibility index (Phi) is 4.41. The van der Waals surface area contributed by atoms with E-state index < -0.39 is 0 Å². The first-order chi connectivity index (χ1) is 11.0. The maximum atomic E-state index is 12.3. The van der Waals surface area contributed by atoms with E-state index in [0.29, 0.717) is 19.0 Å². The Labute approximate surface area is 137 Å². The molecule has 0 unspecified atom stereocenters. The molecule has 0 spiro atoms. The van der Waals surface area contributed by atoms with Gasteiger partial charge in [0.15, 0.2) is 0 Å². The van der Waals surface area contributed by atoms with Gasteiger partial charge < -0.3 is 14.8 Å². The number of carbonyl (C=O) groups excluding carboxylic acids is 2. The molecule has 2 heterocycles. The van der Waals surface area contributed by atoms with Crippen LogP contribution in [0.3, 0.4) is 0 Å². The minimum Gasteiger partial charge on any atom is -0.353 e. The Morgan fingerprint density at radius 3 is 2.70 bits per heavy atom. The quantitative estimate of drug-likeness (QED) is 0.918. The van der Waals surface area contributed by atoms with Gasteiger partial charge in [0.25, 0.3) is 0 Å². The second kappa shape index (κ2) is 6.34. The highest BCUT2D eigenvalue weighted by molar-refractivity contribution is 5.79. The predicted molar refractivity (Wildman–Crippen MR) is 86.7 cm³/mol. The number of fused-ring (bicyclic) bond motifs is 1. The number of nitrogens with one attached hydrogen (secondary N) is 1. The highest BCUT2D eigenvalue weighted by Crippen LogP contribution is 2.26. The maximum absolute atomic E-state index is 12.3. The van der Waals surface area contributed by atoms with Crippen molar-refractivity contribution < 1.29 is 9.59 Å². The molecule has 0 aromatic carbocycles. The lowest BCUT2D eigenvalue weighted by molar-refractivity contribution is -0.137. The first-order valence-electron chi connectivity index (χ1n) is 8.61. The van der Waals surface area contributed by atoms with Gasteiger partial charge in [0.1, 0.15) is 5.82 Å². The molecule has 126 valence electrons. The van der Waals surface area contributed by atoms with Gasteiger partial charge in [0.05, 0.1) is 18.2 Å². The van der Waals surface area contributed by atoms with Crippen LogP contribution in [0.1, 0.15) is 57.6 Å². The summed E-state index contributed by atoms with van der Waals surface area (Å²) in [4.78, 5) is 30.9. The summed E-state index contributed by atoms with van der Waals surface area (Å²) in [6.07, 6.45) is 5.68. The van der Waals surface area contributed by atoms with Crippen LogP contribution in [0.15, 0.2) is 6.20 Å². The number of amides is 2. The van der Waals surface area contributed by atoms with Gasteiger partial charge in [-0.15, -0.1) is 0 Å². The zero-order valence-corrected chi connectivity index (χ0v) is 14.2. The Morgan fingerprint density at radius 1 is 1.35 bits per heavy atom. The second-order valence-corrected chi connectivity index (χ2v) is 7.02. The van der Waals surface area contributed by atoms with Crippen molar-refractivity contribution in [2.24, 2.45) is 5.92 Å². The van der Waals surface area contributed by atoms with E-state index in [4.69, 9.17) is 0 Å². The fourth-order valence-electron chi connectivity index (χ4n) is 3.26. The normalized spacial score (nSPS) is 21.0. The SMILES string of the molecule is CC(C)C(=O)N1CCn2cc(CC(=O)NC3CCC3)nc2[C@H]1C. The van der Waals surface area contributed by atoms with Gasteiger partial charge in [0, 0.05) is 31.2 Å². The topological polar surface area (TPSA) is 67.2 Å². The molecule has 0 saturated heterocycles. The van der Waals surface area contributed by atoms with E-state index in [1.165, 1.54) is 6.42 Å². The van der Waals surface area contributed by atoms with Crippen LogP contribution in [0.5, 0.6) is 0 Å². The molecule has 0 bridgehead atoms. The fourth-order valence-corrected chi connectivity index (χ4v) is 3.26. The van der Waals surface area contributed by atoms with E-state index in [1.807, 2.05) is 31.9 Å². The lowest BCUT2D eigenvalue weighted by atomic mass is 9.93. The van der Waals surface area contributed by atoms with Crippen molar-refractivity contribution in [1.82, 2.24) is 19.8 Å². The molecule has 2 aliphatic rings. The van der Waals surface area contributed by atoms with Gasteiger partial charge in [0.2, 0.25) is 11.8 Å². The summed E-state index contributed by atoms with van der Waals surface area (Å²) >= 11 is 0. The number of aromatic nitrogens is 2. The molecular weight excluding hydrogens is 292 g/mol. The Morgan fingerprint density at radius 2 is 2.09 bits per heavy atom. The van der Waals surface area contributed by atoms with E-state index in [1.54, 1.807) is 0 Å². The average molecular weight is 318 g/mol. The molecule has 6 nitrogen and oxygen atoms in total. The molecule has 1 atom stereocenters. The van der Waals surface area contributed by atoms with Gasteiger partial charge >= 0.3 is 0 Å². The van der Waals surface area contributed by atoms with Crippen molar-refractivity contribution in [1.29, 1.82) is 0 Å². The first kappa shape index (κ1) is 16.0. The highest BCUT2D eigenvalue weighted by Gasteiger charge is 2.31. The summed E-state index contributed by atoms with van der Waals surface area (Å²) in [7, 11) is 0. The van der Waals surface area contributed by atoms with Crippen LogP contribution < -0.4 is 5.32 Å². The maximum Gasteiger partial charge on any atom is 0.226 e. The van der Waals surface area contributed by atoms with Crippen molar-refractivity contribution in [2.45, 2.75) is 65.1 Å². The number of rotatable bonds is 4. The van der Waals surface area contributed by atoms with Crippen molar-refractivity contribution in [2.75, 3.05) is 6.54 Å². The van der Waals surface area contributed by atoms with Gasteiger partial charge in [-0.3, -0.25) is 9.59 Å². The third kappa shape index (κ3) is 3.26. The van der Waals surface area contributed by atoms with Gasteiger partial charge in [-0.05, 0) is 26.2 Å². The van der Waals surface area contributed by atoms with Crippen LogP contribution in [0.25, 0.3) is 0 Å². The van der Waals surface area contributed by atoms with Crippen LogP contribution in [0.2, 0.25) is 0 Å². The van der Waals surface area contributed by atoms with E-state index in [-0.39, 0.29) is 23.8 Å². The minimum absolute atomic E-state index is 0.00770. The molecule has 1 aliphatic carbocycles. The molecule has 1 fully saturated rings. The fraction of sp³-hybridized carbons (Fsp3) is 0.706. The first-order valence-corrected chi connectivity index (χ1v) is 8.61. The van der Waals surface area contributed by atoms with Gasteiger partial charge in [-0.2, -0.15) is 0 Å². The van der Waals surface area contributed by atoms with Crippen molar-refractivity contribution in [3.63, 3.8) is 0 Å². The second-order valence-electron chi connectivity index (χ2n) is 7.02. The highest BCUT2D eigenvalue weighted by atomic mass is 16.2. The van der Waals surface area contributed by atoms with Crippen molar-refractivity contribution in [3.05, 3.63) is 17.7 Å². The van der Waals surface area contributed by atoms with Gasteiger partial charge in [-0.25, -0.2) is 4.98 Å². The molecule has 1 aromatic rings. The number of imidazole rings is 1. The van der Waals surface area contributed by atoms with Crippen LogP contribution >= 0.6 is 0 Å². The largest absolute Gasteiger partial charge is 0.353 e. The zero-order chi connectivity index (χ0) is 16.6. The number of carbonyl (C=O) groups is 2. The molecule has 0 radical (unpaired) electrons. The summed E-state index contributed by atoms with van der Waals surface area (Å²) in [6, 6.07) is 0.319. The minimum atomic E-state index is -0.0397. The molecule has 1 aliphatic heterocycles. The Bertz CT molecular complexity index is 604. The van der Waals surface area contributed by atoms with Crippen LogP contribution in [0.4, 0.5) is 0 Å². The van der Waals surface area contributed by atoms with Crippen LogP contribution in [0, 0.1) is 5.92 Å². The summed E-state index contributed by atoms with van der Waals surface area (Å²) in [6.45, 7) is 7.31. The molecule has 1 N–H and O–H groups in total. The van der Waals surface area contributed by atoms with Crippen molar-refractivity contribution in [3.8, 4) is 0 Å². The zero-order valence-electron chi connectivity index (χ0n) is 14.2. The summed E-state index contributed by atoms with van der Waals surface area (Å²) in [5.41, 5.74) is 0.794. The summed E-state index contributed by atoms with van der Waals surface area (Å²) < 4.78 is 2.08. The third-order valence-corrected chi connectivity index (χ3v) is 4.87. The average Bonchev–Trinajstić information content (AvgIpc) is 2.86. The lowest BCUT2D eigenvalue weighted by Gasteiger charge is -2.34. The standard InChI is InChI=1S/C17H26N4O2/c1-11(2)17(23)21-8-7-20-10-14(19-16(20)12(21)3)9-15(22)18-13-5-4-6-13/h10-13H,4-9H2,1-3H3,(H,18,22)/t12-/m1/s1. The molecule has 23 heavy (non-hydrogen) atoms. The summed E-state index contributed by atoms with van der Waals surface area (Å²) in [5, 5.41) is 3.05. The van der Waals surface area contributed by atoms with Crippen LogP contribution in [-0.4, -0.2) is 38.9 Å². The van der Waals surface area contributed by atoms with E-state index in [2.05, 4.69) is 14.9 Å². The molecule has 6 heteroatoms. The number of hydrogen-bond donors (Lipinski definition) is 1. The lowest BCUT2D eigenvalue weighted by Crippen LogP contribution is -2.42. The Hall–Kier alpha value is -1.85. The molecule has 2 amide bonds.